The molecule has 0 aliphatic heterocycles. The van der Waals surface area contributed by atoms with Gasteiger partial charge in [0.15, 0.2) is 0 Å². The Kier molecular flexibility index (Phi) is 2.36. The molecule has 1 aromatic carbocycles. The summed E-state index contributed by atoms with van der Waals surface area (Å²) in [5, 5.41) is 0.766. The van der Waals surface area contributed by atoms with Gasteiger partial charge in [-0.1, -0.05) is 0 Å². The third kappa shape index (κ3) is 1.93. The normalized spacial score (nSPS) is 11.9. The van der Waals surface area contributed by atoms with E-state index in [-0.39, 0.29) is 5.03 Å². The average Bonchev–Trinajstić information content (AvgIpc) is 2.59. The van der Waals surface area contributed by atoms with Crippen molar-refractivity contribution in [1.29, 1.82) is 0 Å². The number of hydrogen-bond acceptors (Lipinski definition) is 3. The largest absolute Gasteiger partial charge is 0.497 e. The molecule has 2 aromatic rings. The smallest absolute Gasteiger partial charge is 0.276 e. The fraction of sp³-hybridized carbons (Fsp3) is 0.111. The number of rotatable bonds is 2. The van der Waals surface area contributed by atoms with E-state index < -0.39 is 9.05 Å². The summed E-state index contributed by atoms with van der Waals surface area (Å²) in [5.41, 5.74) is 0.675. The second-order valence-corrected chi connectivity index (χ2v) is 5.56. The molecule has 15 heavy (non-hydrogen) atoms. The number of fused-ring (bicyclic) bond motifs is 1. The maximum atomic E-state index is 11.1. The van der Waals surface area contributed by atoms with Gasteiger partial charge >= 0.3 is 0 Å². The van der Waals surface area contributed by atoms with Gasteiger partial charge in [0.2, 0.25) is 0 Å². The SMILES string of the molecule is COc1ccc2cc(S(=O)(=O)Cl)[nH]c2c1. The third-order valence-corrected chi connectivity index (χ3v) is 3.31. The Balaban J connectivity index is 2.66. The Morgan fingerprint density at radius 1 is 1.33 bits per heavy atom. The van der Waals surface area contributed by atoms with Gasteiger partial charge in [-0.2, -0.15) is 0 Å². The van der Waals surface area contributed by atoms with E-state index in [4.69, 9.17) is 15.4 Å². The van der Waals surface area contributed by atoms with Crippen LogP contribution in [-0.4, -0.2) is 20.5 Å². The van der Waals surface area contributed by atoms with E-state index in [0.29, 0.717) is 11.3 Å². The van der Waals surface area contributed by atoms with Crippen molar-refractivity contribution < 1.29 is 13.2 Å². The minimum absolute atomic E-state index is 0.00702. The summed E-state index contributed by atoms with van der Waals surface area (Å²) in [6, 6.07) is 6.70. The first-order valence-electron chi connectivity index (χ1n) is 4.12. The van der Waals surface area contributed by atoms with Crippen LogP contribution in [0, 0.1) is 0 Å². The molecule has 6 heteroatoms. The third-order valence-electron chi connectivity index (χ3n) is 2.07. The number of aromatic amines is 1. The first-order valence-corrected chi connectivity index (χ1v) is 6.43. The molecule has 1 heterocycles. The maximum absolute atomic E-state index is 11.1. The molecular weight excluding hydrogens is 238 g/mol. The number of methoxy groups -OCH3 is 1. The molecular formula is C9H8ClNO3S. The van der Waals surface area contributed by atoms with E-state index in [1.165, 1.54) is 6.07 Å². The molecule has 0 bridgehead atoms. The van der Waals surface area contributed by atoms with Crippen molar-refractivity contribution in [2.24, 2.45) is 0 Å². The summed E-state index contributed by atoms with van der Waals surface area (Å²) in [5.74, 6) is 0.655. The van der Waals surface area contributed by atoms with Crippen LogP contribution in [0.4, 0.5) is 0 Å². The van der Waals surface area contributed by atoms with Crippen LogP contribution in [0.15, 0.2) is 29.3 Å². The standard InChI is InChI=1S/C9H8ClNO3S/c1-14-7-3-2-6-4-9(15(10,12)13)11-8(6)5-7/h2-5,11H,1H3. The van der Waals surface area contributed by atoms with Crippen LogP contribution in [0.25, 0.3) is 10.9 Å². The van der Waals surface area contributed by atoms with Crippen LogP contribution in [0.3, 0.4) is 0 Å². The first-order chi connectivity index (χ1) is 7.00. The quantitative estimate of drug-likeness (QED) is 0.825. The molecule has 0 atom stereocenters. The van der Waals surface area contributed by atoms with Crippen molar-refractivity contribution in [3.63, 3.8) is 0 Å². The lowest BCUT2D eigenvalue weighted by Gasteiger charge is -1.97. The first kappa shape index (κ1) is 10.3. The number of halogens is 1. The number of aromatic nitrogens is 1. The van der Waals surface area contributed by atoms with Crippen LogP contribution in [0.1, 0.15) is 0 Å². The Labute approximate surface area is 91.2 Å². The van der Waals surface area contributed by atoms with Crippen molar-refractivity contribution in [3.05, 3.63) is 24.3 Å². The Bertz CT molecular complexity index is 603. The fourth-order valence-electron chi connectivity index (χ4n) is 1.34. The molecule has 0 fully saturated rings. The number of ether oxygens (including phenoxy) is 1. The molecule has 0 aliphatic rings. The van der Waals surface area contributed by atoms with Gasteiger partial charge in [0.05, 0.1) is 12.6 Å². The van der Waals surface area contributed by atoms with Gasteiger partial charge in [0.25, 0.3) is 9.05 Å². The average molecular weight is 246 g/mol. The summed E-state index contributed by atoms with van der Waals surface area (Å²) in [4.78, 5) is 2.71. The zero-order valence-electron chi connectivity index (χ0n) is 7.82. The van der Waals surface area contributed by atoms with Crippen molar-refractivity contribution >= 4 is 30.6 Å². The highest BCUT2D eigenvalue weighted by atomic mass is 35.7. The van der Waals surface area contributed by atoms with E-state index in [1.807, 2.05) is 0 Å². The molecule has 80 valence electrons. The van der Waals surface area contributed by atoms with Gasteiger partial charge in [-0.05, 0) is 18.2 Å². The zero-order valence-corrected chi connectivity index (χ0v) is 9.39. The van der Waals surface area contributed by atoms with Gasteiger partial charge in [0.1, 0.15) is 10.8 Å². The minimum Gasteiger partial charge on any atom is -0.497 e. The topological polar surface area (TPSA) is 59.2 Å². The van der Waals surface area contributed by atoms with E-state index in [9.17, 15) is 8.42 Å². The van der Waals surface area contributed by atoms with Gasteiger partial charge in [0, 0.05) is 22.1 Å². The van der Waals surface area contributed by atoms with Gasteiger partial charge in [-0.25, -0.2) is 8.42 Å². The number of nitrogens with one attached hydrogen (secondary N) is 1. The zero-order chi connectivity index (χ0) is 11.1. The van der Waals surface area contributed by atoms with E-state index in [2.05, 4.69) is 4.98 Å². The Morgan fingerprint density at radius 3 is 2.67 bits per heavy atom. The van der Waals surface area contributed by atoms with Crippen LogP contribution in [0.2, 0.25) is 0 Å². The van der Waals surface area contributed by atoms with E-state index in [0.717, 1.165) is 5.39 Å². The number of H-pyrrole nitrogens is 1. The Hall–Kier alpha value is -1.20. The van der Waals surface area contributed by atoms with Gasteiger partial charge in [-0.15, -0.1) is 0 Å². The number of benzene rings is 1. The van der Waals surface area contributed by atoms with Crippen LogP contribution in [-0.2, 0) is 9.05 Å². The molecule has 0 unspecified atom stereocenters. The lowest BCUT2D eigenvalue weighted by atomic mass is 10.2. The molecule has 0 radical (unpaired) electrons. The van der Waals surface area contributed by atoms with Gasteiger partial charge < -0.3 is 9.72 Å². The van der Waals surface area contributed by atoms with Gasteiger partial charge in [-0.3, -0.25) is 0 Å². The second-order valence-electron chi connectivity index (χ2n) is 3.02. The van der Waals surface area contributed by atoms with Crippen molar-refractivity contribution in [3.8, 4) is 5.75 Å². The van der Waals surface area contributed by atoms with Crippen LogP contribution >= 0.6 is 10.7 Å². The molecule has 0 saturated carbocycles. The molecule has 0 saturated heterocycles. The highest BCUT2D eigenvalue weighted by molar-refractivity contribution is 8.13. The monoisotopic (exact) mass is 245 g/mol. The molecule has 2 rings (SSSR count). The molecule has 4 nitrogen and oxygen atoms in total. The second kappa shape index (κ2) is 3.43. The summed E-state index contributed by atoms with van der Waals surface area (Å²) in [6.45, 7) is 0. The maximum Gasteiger partial charge on any atom is 0.276 e. The summed E-state index contributed by atoms with van der Waals surface area (Å²) in [6.07, 6.45) is 0. The molecule has 0 spiro atoms. The van der Waals surface area contributed by atoms with Crippen LogP contribution in [0.5, 0.6) is 5.75 Å². The predicted molar refractivity (Wildman–Crippen MR) is 57.9 cm³/mol. The fourth-order valence-corrected chi connectivity index (χ4v) is 2.09. The molecule has 0 aliphatic carbocycles. The van der Waals surface area contributed by atoms with Crippen molar-refractivity contribution in [2.45, 2.75) is 5.03 Å². The Morgan fingerprint density at radius 2 is 2.07 bits per heavy atom. The van der Waals surface area contributed by atoms with E-state index >= 15 is 0 Å². The summed E-state index contributed by atoms with van der Waals surface area (Å²) in [7, 11) is 3.05. The summed E-state index contributed by atoms with van der Waals surface area (Å²) < 4.78 is 27.1. The predicted octanol–water partition coefficient (Wildman–Crippen LogP) is 2.10. The minimum atomic E-state index is -3.71. The van der Waals surface area contributed by atoms with Crippen molar-refractivity contribution in [1.82, 2.24) is 4.98 Å². The molecule has 0 amide bonds. The highest BCUT2D eigenvalue weighted by Gasteiger charge is 2.13. The summed E-state index contributed by atoms with van der Waals surface area (Å²) >= 11 is 0. The van der Waals surface area contributed by atoms with Crippen molar-refractivity contribution in [2.75, 3.05) is 7.11 Å². The van der Waals surface area contributed by atoms with Crippen LogP contribution < -0.4 is 4.74 Å². The number of hydrogen-bond donors (Lipinski definition) is 1. The highest BCUT2D eigenvalue weighted by Crippen LogP contribution is 2.24. The van der Waals surface area contributed by atoms with E-state index in [1.54, 1.807) is 25.3 Å². The lowest BCUT2D eigenvalue weighted by Crippen LogP contribution is -1.88. The lowest BCUT2D eigenvalue weighted by molar-refractivity contribution is 0.415. The molecule has 1 aromatic heterocycles. The molecule has 1 N–H and O–H groups in total.